The number of benzene rings is 2. The first-order chi connectivity index (χ1) is 12.0. The zero-order valence-electron chi connectivity index (χ0n) is 14.6. The Morgan fingerprint density at radius 1 is 0.720 bits per heavy atom. The molecule has 2 aromatic rings. The molecule has 7 heteroatoms. The molecule has 0 bridgehead atoms. The monoisotopic (exact) mass is 346 g/mol. The Labute approximate surface area is 147 Å². The van der Waals surface area contributed by atoms with Gasteiger partial charge in [0.05, 0.1) is 13.2 Å². The minimum Gasteiger partial charge on any atom is -0.399 e. The van der Waals surface area contributed by atoms with Crippen molar-refractivity contribution < 1.29 is 14.2 Å². The van der Waals surface area contributed by atoms with Crippen molar-refractivity contribution in [3.05, 3.63) is 47.5 Å². The van der Waals surface area contributed by atoms with Crippen LogP contribution in [0.15, 0.2) is 36.4 Å². The minimum atomic E-state index is -0.304. The van der Waals surface area contributed by atoms with Crippen LogP contribution < -0.4 is 22.9 Å². The fourth-order valence-corrected chi connectivity index (χ4v) is 2.62. The second-order valence-electron chi connectivity index (χ2n) is 5.76. The number of ether oxygens (including phenoxy) is 3. The topological polar surface area (TPSA) is 132 Å². The summed E-state index contributed by atoms with van der Waals surface area (Å²) in [4.78, 5) is 0. The highest BCUT2D eigenvalue weighted by molar-refractivity contribution is 5.58. The van der Waals surface area contributed by atoms with E-state index < -0.39 is 0 Å². The molecule has 0 aliphatic heterocycles. The number of nitrogens with two attached hydrogens (primary N) is 4. The Balaban J connectivity index is 2.01. The van der Waals surface area contributed by atoms with E-state index in [1.807, 2.05) is 12.1 Å². The molecule has 0 spiro atoms. The van der Waals surface area contributed by atoms with E-state index in [-0.39, 0.29) is 12.2 Å². The van der Waals surface area contributed by atoms with Crippen molar-refractivity contribution in [2.24, 2.45) is 0 Å². The molecule has 2 atom stereocenters. The minimum absolute atomic E-state index is 0.304. The third kappa shape index (κ3) is 4.76. The van der Waals surface area contributed by atoms with Crippen LogP contribution in [0.5, 0.6) is 0 Å². The molecule has 0 aromatic heterocycles. The van der Waals surface area contributed by atoms with Crippen LogP contribution >= 0.6 is 0 Å². The fourth-order valence-electron chi connectivity index (χ4n) is 2.62. The second-order valence-corrected chi connectivity index (χ2v) is 5.76. The van der Waals surface area contributed by atoms with E-state index in [0.29, 0.717) is 36.0 Å². The summed E-state index contributed by atoms with van der Waals surface area (Å²) in [7, 11) is 3.21. The van der Waals surface area contributed by atoms with E-state index in [4.69, 9.17) is 37.1 Å². The highest BCUT2D eigenvalue weighted by atomic mass is 16.5. The van der Waals surface area contributed by atoms with Crippen LogP contribution in [0, 0.1) is 0 Å². The Morgan fingerprint density at radius 3 is 1.44 bits per heavy atom. The molecule has 25 heavy (non-hydrogen) atoms. The largest absolute Gasteiger partial charge is 0.399 e. The Bertz CT molecular complexity index is 649. The molecule has 0 radical (unpaired) electrons. The molecule has 136 valence electrons. The van der Waals surface area contributed by atoms with Crippen LogP contribution in [0.2, 0.25) is 0 Å². The molecule has 0 amide bonds. The summed E-state index contributed by atoms with van der Waals surface area (Å²) >= 11 is 0. The molecule has 0 saturated heterocycles. The predicted octanol–water partition coefficient (Wildman–Crippen LogP) is 2.11. The van der Waals surface area contributed by atoms with Gasteiger partial charge in [0.1, 0.15) is 12.2 Å². The van der Waals surface area contributed by atoms with Gasteiger partial charge in [-0.3, -0.25) is 0 Å². The maximum Gasteiger partial charge on any atom is 0.107 e. The molecule has 0 saturated carbocycles. The molecule has 0 fully saturated rings. The number of anilines is 4. The average molecular weight is 346 g/mol. The first kappa shape index (κ1) is 18.9. The summed E-state index contributed by atoms with van der Waals surface area (Å²) in [6, 6.07) is 10.7. The first-order valence-corrected chi connectivity index (χ1v) is 7.89. The van der Waals surface area contributed by atoms with Crippen LogP contribution in [0.25, 0.3) is 0 Å². The molecule has 0 heterocycles. The van der Waals surface area contributed by atoms with Crippen molar-refractivity contribution in [1.29, 1.82) is 0 Å². The van der Waals surface area contributed by atoms with Gasteiger partial charge in [-0.05, 0) is 24.3 Å². The maximum absolute atomic E-state index is 6.01. The van der Waals surface area contributed by atoms with Gasteiger partial charge in [0, 0.05) is 48.1 Å². The van der Waals surface area contributed by atoms with Crippen molar-refractivity contribution in [2.75, 3.05) is 50.4 Å². The van der Waals surface area contributed by atoms with E-state index in [0.717, 1.165) is 11.1 Å². The summed E-state index contributed by atoms with van der Waals surface area (Å²) in [5.74, 6) is 0. The van der Waals surface area contributed by atoms with Crippen molar-refractivity contribution >= 4 is 22.7 Å². The lowest BCUT2D eigenvalue weighted by Crippen LogP contribution is -2.17. The summed E-state index contributed by atoms with van der Waals surface area (Å²) in [5, 5.41) is 0. The smallest absolute Gasteiger partial charge is 0.107 e. The van der Waals surface area contributed by atoms with Crippen molar-refractivity contribution in [3.63, 3.8) is 0 Å². The Morgan fingerprint density at radius 2 is 1.12 bits per heavy atom. The van der Waals surface area contributed by atoms with Crippen molar-refractivity contribution in [1.82, 2.24) is 0 Å². The number of hydrogen-bond acceptors (Lipinski definition) is 7. The maximum atomic E-state index is 6.01. The van der Waals surface area contributed by atoms with Crippen molar-refractivity contribution in [3.8, 4) is 0 Å². The molecular weight excluding hydrogens is 320 g/mol. The van der Waals surface area contributed by atoms with Gasteiger partial charge in [-0.1, -0.05) is 12.1 Å². The molecule has 2 rings (SSSR count). The molecule has 0 aliphatic carbocycles. The van der Waals surface area contributed by atoms with Gasteiger partial charge in [-0.2, -0.15) is 0 Å². The normalized spacial score (nSPS) is 13.5. The average Bonchev–Trinajstić information content (AvgIpc) is 2.57. The Kier molecular flexibility index (Phi) is 6.46. The van der Waals surface area contributed by atoms with Gasteiger partial charge in [0.2, 0.25) is 0 Å². The van der Waals surface area contributed by atoms with Gasteiger partial charge in [-0.15, -0.1) is 0 Å². The van der Waals surface area contributed by atoms with Crippen LogP contribution in [-0.4, -0.2) is 27.4 Å². The van der Waals surface area contributed by atoms with Gasteiger partial charge >= 0.3 is 0 Å². The van der Waals surface area contributed by atoms with Gasteiger partial charge < -0.3 is 37.1 Å². The molecule has 2 unspecified atom stereocenters. The van der Waals surface area contributed by atoms with Crippen LogP contribution in [0.3, 0.4) is 0 Å². The van der Waals surface area contributed by atoms with Gasteiger partial charge in [0.25, 0.3) is 0 Å². The molecule has 8 N–H and O–H groups in total. The molecule has 2 aromatic carbocycles. The lowest BCUT2D eigenvalue weighted by atomic mass is 10.1. The van der Waals surface area contributed by atoms with E-state index in [9.17, 15) is 0 Å². The summed E-state index contributed by atoms with van der Waals surface area (Å²) in [6.07, 6.45) is -0.608. The highest BCUT2D eigenvalue weighted by Gasteiger charge is 2.18. The predicted molar refractivity (Wildman–Crippen MR) is 101 cm³/mol. The third-order valence-corrected chi connectivity index (χ3v) is 4.02. The number of rotatable bonds is 8. The quantitative estimate of drug-likeness (QED) is 0.538. The van der Waals surface area contributed by atoms with Gasteiger partial charge in [-0.25, -0.2) is 0 Å². The van der Waals surface area contributed by atoms with Crippen LogP contribution in [0.4, 0.5) is 22.7 Å². The van der Waals surface area contributed by atoms with Crippen LogP contribution in [0.1, 0.15) is 23.3 Å². The van der Waals surface area contributed by atoms with E-state index >= 15 is 0 Å². The van der Waals surface area contributed by atoms with Crippen LogP contribution in [-0.2, 0) is 14.2 Å². The SMILES string of the molecule is COC(COCC(OC)c1ccc(N)cc1N)c1ccc(N)cc1N. The zero-order chi connectivity index (χ0) is 18.4. The van der Waals surface area contributed by atoms with Gasteiger partial charge in [0.15, 0.2) is 0 Å². The third-order valence-electron chi connectivity index (χ3n) is 4.02. The number of methoxy groups -OCH3 is 2. The summed E-state index contributed by atoms with van der Waals surface area (Å²) < 4.78 is 16.8. The Hall–Kier alpha value is -2.48. The molecule has 0 aliphatic rings. The number of nitrogen functional groups attached to an aromatic ring is 4. The zero-order valence-corrected chi connectivity index (χ0v) is 14.6. The number of hydrogen-bond donors (Lipinski definition) is 4. The van der Waals surface area contributed by atoms with E-state index in [1.165, 1.54) is 0 Å². The molecular formula is C18H26N4O3. The fraction of sp³-hybridized carbons (Fsp3) is 0.333. The summed E-state index contributed by atoms with van der Waals surface area (Å²) in [5.41, 5.74) is 27.5. The van der Waals surface area contributed by atoms with Crippen molar-refractivity contribution in [2.45, 2.75) is 12.2 Å². The summed E-state index contributed by atoms with van der Waals surface area (Å²) in [6.45, 7) is 0.638. The molecule has 7 nitrogen and oxygen atoms in total. The second kappa shape index (κ2) is 8.57. The first-order valence-electron chi connectivity index (χ1n) is 7.89. The van der Waals surface area contributed by atoms with E-state index in [1.54, 1.807) is 38.5 Å². The lowest BCUT2D eigenvalue weighted by molar-refractivity contribution is -0.0364. The van der Waals surface area contributed by atoms with E-state index in [2.05, 4.69) is 0 Å². The highest BCUT2D eigenvalue weighted by Crippen LogP contribution is 2.28. The standard InChI is InChI=1S/C18H26N4O3/c1-23-17(13-5-3-11(19)7-15(13)21)9-25-10-18(24-2)14-6-4-12(20)8-16(14)22/h3-8,17-18H,9-10,19-22H2,1-2H3. The lowest BCUT2D eigenvalue weighted by Gasteiger charge is -2.21.